The van der Waals surface area contributed by atoms with Crippen molar-refractivity contribution >= 4 is 28.3 Å². The van der Waals surface area contributed by atoms with E-state index >= 15 is 0 Å². The fraction of sp³-hybridized carbons (Fsp3) is 0.222. The van der Waals surface area contributed by atoms with Crippen LogP contribution in [-0.2, 0) is 11.2 Å². The number of fused-ring (bicyclic) bond motifs is 1. The number of carbonyl (C=O) groups excluding carboxylic acids is 1. The zero-order valence-corrected chi connectivity index (χ0v) is 15.3. The molecule has 3 heterocycles. The number of imidazole rings is 1. The summed E-state index contributed by atoms with van der Waals surface area (Å²) in [6.45, 7) is 1.89. The van der Waals surface area contributed by atoms with Gasteiger partial charge in [-0.25, -0.2) is 4.79 Å². The summed E-state index contributed by atoms with van der Waals surface area (Å²) in [7, 11) is 0. The van der Waals surface area contributed by atoms with Crippen LogP contribution >= 0.6 is 11.3 Å². The molecule has 0 spiro atoms. The SMILES string of the molecule is CC(NC(=O)CCc1nc(-c2cccs2)no1)c1ccc2[nH]c(=O)[nH]c2c1. The fourth-order valence-corrected chi connectivity index (χ4v) is 3.45. The van der Waals surface area contributed by atoms with Crippen molar-refractivity contribution < 1.29 is 9.32 Å². The molecule has 0 aliphatic heterocycles. The van der Waals surface area contributed by atoms with Crippen molar-refractivity contribution in [1.29, 1.82) is 0 Å². The van der Waals surface area contributed by atoms with Crippen LogP contribution in [-0.4, -0.2) is 26.0 Å². The second-order valence-corrected chi connectivity index (χ2v) is 7.11. The molecule has 1 aromatic carbocycles. The Balaban J connectivity index is 1.35. The molecular weight excluding hydrogens is 366 g/mol. The van der Waals surface area contributed by atoms with E-state index in [1.165, 1.54) is 11.3 Å². The number of rotatable bonds is 6. The van der Waals surface area contributed by atoms with E-state index in [2.05, 4.69) is 25.4 Å². The lowest BCUT2D eigenvalue weighted by Crippen LogP contribution is -2.26. The van der Waals surface area contributed by atoms with Gasteiger partial charge in [-0.3, -0.25) is 4.79 Å². The van der Waals surface area contributed by atoms with Gasteiger partial charge in [0.2, 0.25) is 17.6 Å². The summed E-state index contributed by atoms with van der Waals surface area (Å²) in [5, 5.41) is 8.83. The van der Waals surface area contributed by atoms with Crippen molar-refractivity contribution in [2.75, 3.05) is 0 Å². The second kappa shape index (κ2) is 7.20. The van der Waals surface area contributed by atoms with Crippen LogP contribution in [0.5, 0.6) is 0 Å². The molecule has 3 N–H and O–H groups in total. The normalized spacial score (nSPS) is 12.3. The molecule has 4 rings (SSSR count). The fourth-order valence-electron chi connectivity index (χ4n) is 2.80. The number of aromatic amines is 2. The highest BCUT2D eigenvalue weighted by atomic mass is 32.1. The van der Waals surface area contributed by atoms with Gasteiger partial charge in [-0.2, -0.15) is 4.98 Å². The van der Waals surface area contributed by atoms with Crippen LogP contribution in [0.3, 0.4) is 0 Å². The van der Waals surface area contributed by atoms with E-state index in [4.69, 9.17) is 4.52 Å². The van der Waals surface area contributed by atoms with Crippen LogP contribution in [0.15, 0.2) is 45.0 Å². The van der Waals surface area contributed by atoms with Crippen molar-refractivity contribution in [2.45, 2.75) is 25.8 Å². The number of nitrogens with one attached hydrogen (secondary N) is 3. The number of hydrogen-bond donors (Lipinski definition) is 3. The monoisotopic (exact) mass is 383 g/mol. The lowest BCUT2D eigenvalue weighted by Gasteiger charge is -2.14. The second-order valence-electron chi connectivity index (χ2n) is 6.16. The van der Waals surface area contributed by atoms with E-state index in [0.29, 0.717) is 23.7 Å². The molecule has 0 aliphatic carbocycles. The van der Waals surface area contributed by atoms with Crippen molar-refractivity contribution in [1.82, 2.24) is 25.4 Å². The highest BCUT2D eigenvalue weighted by Gasteiger charge is 2.14. The predicted molar refractivity (Wildman–Crippen MR) is 101 cm³/mol. The molecule has 9 heteroatoms. The van der Waals surface area contributed by atoms with Gasteiger partial charge >= 0.3 is 5.69 Å². The van der Waals surface area contributed by atoms with Gasteiger partial charge in [0.25, 0.3) is 0 Å². The van der Waals surface area contributed by atoms with E-state index in [1.54, 1.807) is 0 Å². The third-order valence-electron chi connectivity index (χ3n) is 4.19. The van der Waals surface area contributed by atoms with E-state index < -0.39 is 0 Å². The zero-order valence-electron chi connectivity index (χ0n) is 14.5. The third-order valence-corrected chi connectivity index (χ3v) is 5.06. The molecule has 0 aliphatic rings. The Kier molecular flexibility index (Phi) is 4.59. The first-order valence-corrected chi connectivity index (χ1v) is 9.34. The number of benzene rings is 1. The molecule has 0 fully saturated rings. The zero-order chi connectivity index (χ0) is 18.8. The number of nitrogens with zero attached hydrogens (tertiary/aromatic N) is 2. The van der Waals surface area contributed by atoms with Gasteiger partial charge in [0.1, 0.15) is 0 Å². The molecule has 0 radical (unpaired) electrons. The van der Waals surface area contributed by atoms with Crippen LogP contribution in [0.1, 0.15) is 30.8 Å². The smallest absolute Gasteiger partial charge is 0.323 e. The van der Waals surface area contributed by atoms with Crippen molar-refractivity contribution in [3.63, 3.8) is 0 Å². The maximum absolute atomic E-state index is 12.2. The van der Waals surface area contributed by atoms with E-state index in [9.17, 15) is 9.59 Å². The number of hydrogen-bond acceptors (Lipinski definition) is 6. The summed E-state index contributed by atoms with van der Waals surface area (Å²) < 4.78 is 5.21. The number of H-pyrrole nitrogens is 2. The average Bonchev–Trinajstić information content (AvgIpc) is 3.38. The Morgan fingerprint density at radius 2 is 2.15 bits per heavy atom. The Morgan fingerprint density at radius 3 is 2.96 bits per heavy atom. The average molecular weight is 383 g/mol. The molecular formula is C18H17N5O3S. The molecule has 0 saturated heterocycles. The molecule has 1 atom stereocenters. The number of aromatic nitrogens is 4. The van der Waals surface area contributed by atoms with Crippen LogP contribution in [0, 0.1) is 0 Å². The van der Waals surface area contributed by atoms with E-state index in [1.807, 2.05) is 42.6 Å². The number of thiophene rings is 1. The Bertz CT molecular complexity index is 1130. The van der Waals surface area contributed by atoms with Gasteiger partial charge < -0.3 is 19.8 Å². The van der Waals surface area contributed by atoms with Gasteiger partial charge in [-0.15, -0.1) is 11.3 Å². The van der Waals surface area contributed by atoms with Gasteiger partial charge in [0, 0.05) is 12.8 Å². The van der Waals surface area contributed by atoms with Crippen LogP contribution in [0.4, 0.5) is 0 Å². The molecule has 0 bridgehead atoms. The number of aryl methyl sites for hydroxylation is 1. The maximum Gasteiger partial charge on any atom is 0.323 e. The van der Waals surface area contributed by atoms with Crippen LogP contribution < -0.4 is 11.0 Å². The highest BCUT2D eigenvalue weighted by molar-refractivity contribution is 7.13. The van der Waals surface area contributed by atoms with E-state index in [0.717, 1.165) is 16.0 Å². The quantitative estimate of drug-likeness (QED) is 0.473. The molecule has 1 amide bonds. The van der Waals surface area contributed by atoms with Gasteiger partial charge in [0.05, 0.1) is 22.0 Å². The first-order chi connectivity index (χ1) is 13.1. The first-order valence-electron chi connectivity index (χ1n) is 8.46. The first kappa shape index (κ1) is 17.2. The van der Waals surface area contributed by atoms with Crippen molar-refractivity contribution in [2.24, 2.45) is 0 Å². The minimum atomic E-state index is -0.250. The summed E-state index contributed by atoms with van der Waals surface area (Å²) in [6, 6.07) is 9.19. The molecule has 138 valence electrons. The summed E-state index contributed by atoms with van der Waals surface area (Å²) >= 11 is 1.53. The van der Waals surface area contributed by atoms with Gasteiger partial charge in [-0.05, 0) is 36.1 Å². The largest absolute Gasteiger partial charge is 0.350 e. The molecule has 27 heavy (non-hydrogen) atoms. The molecule has 8 nitrogen and oxygen atoms in total. The third kappa shape index (κ3) is 3.82. The highest BCUT2D eigenvalue weighted by Crippen LogP contribution is 2.21. The molecule has 0 saturated carbocycles. The number of carbonyl (C=O) groups is 1. The van der Waals surface area contributed by atoms with Gasteiger partial charge in [0.15, 0.2) is 0 Å². The molecule has 1 unspecified atom stereocenters. The molecule has 3 aromatic heterocycles. The number of amides is 1. The summed E-state index contributed by atoms with van der Waals surface area (Å²) in [4.78, 5) is 34.2. The Morgan fingerprint density at radius 1 is 1.30 bits per heavy atom. The summed E-state index contributed by atoms with van der Waals surface area (Å²) in [5.41, 5.74) is 2.11. The van der Waals surface area contributed by atoms with Crippen LogP contribution in [0.25, 0.3) is 21.7 Å². The van der Waals surface area contributed by atoms with Crippen LogP contribution in [0.2, 0.25) is 0 Å². The van der Waals surface area contributed by atoms with E-state index in [-0.39, 0.29) is 24.1 Å². The predicted octanol–water partition coefficient (Wildman–Crippen LogP) is 2.78. The minimum Gasteiger partial charge on any atom is -0.350 e. The van der Waals surface area contributed by atoms with Gasteiger partial charge in [-0.1, -0.05) is 17.3 Å². The maximum atomic E-state index is 12.2. The minimum absolute atomic E-state index is 0.110. The topological polar surface area (TPSA) is 117 Å². The molecule has 4 aromatic rings. The summed E-state index contributed by atoms with van der Waals surface area (Å²) in [5.74, 6) is 0.871. The lowest BCUT2D eigenvalue weighted by atomic mass is 10.1. The van der Waals surface area contributed by atoms with Crippen molar-refractivity contribution in [3.8, 4) is 10.7 Å². The summed E-state index contributed by atoms with van der Waals surface area (Å²) in [6.07, 6.45) is 0.626. The lowest BCUT2D eigenvalue weighted by molar-refractivity contribution is -0.121. The Labute approximate surface area is 157 Å². The standard InChI is InChI=1S/C18H17N5O3S/c1-10(11-4-5-12-13(9-11)21-18(25)20-12)19-15(24)6-7-16-22-17(23-26-16)14-3-2-8-27-14/h2-5,8-10H,6-7H2,1H3,(H,19,24)(H2,20,21,25). The van der Waals surface area contributed by atoms with Crippen molar-refractivity contribution in [3.05, 3.63) is 57.7 Å². The Hall–Kier alpha value is -3.20.